The van der Waals surface area contributed by atoms with Gasteiger partial charge in [0.05, 0.1) is 5.41 Å². The zero-order chi connectivity index (χ0) is 30.2. The van der Waals surface area contributed by atoms with Gasteiger partial charge in [0.25, 0.3) is 0 Å². The van der Waals surface area contributed by atoms with Crippen molar-refractivity contribution < 1.29 is 0 Å². The third-order valence-corrected chi connectivity index (χ3v) is 12.0. The lowest BCUT2D eigenvalue weighted by molar-refractivity contribution is 0.724. The molecule has 216 valence electrons. The summed E-state index contributed by atoms with van der Waals surface area (Å²) in [5.41, 5.74) is 11.2. The second-order valence-electron chi connectivity index (χ2n) is 12.1. The number of hydrogen-bond acceptors (Lipinski definition) is 3. The van der Waals surface area contributed by atoms with Crippen LogP contribution in [0.1, 0.15) is 22.3 Å². The molecule has 7 aromatic carbocycles. The molecule has 0 fully saturated rings. The van der Waals surface area contributed by atoms with Crippen LogP contribution in [-0.2, 0) is 5.41 Å². The average molecular weight is 622 g/mol. The van der Waals surface area contributed by atoms with Gasteiger partial charge in [-0.15, -0.1) is 11.3 Å². The van der Waals surface area contributed by atoms with Crippen LogP contribution in [0.5, 0.6) is 0 Å². The van der Waals surface area contributed by atoms with Crippen molar-refractivity contribution in [2.24, 2.45) is 0 Å². The molecule has 0 saturated carbocycles. The lowest BCUT2D eigenvalue weighted by atomic mass is 9.67. The number of para-hydroxylation sites is 1. The van der Waals surface area contributed by atoms with Crippen LogP contribution in [0.3, 0.4) is 0 Å². The lowest BCUT2D eigenvalue weighted by Gasteiger charge is -2.39. The molecule has 2 heterocycles. The summed E-state index contributed by atoms with van der Waals surface area (Å²) < 4.78 is 2.64. The molecule has 0 N–H and O–H groups in total. The van der Waals surface area contributed by atoms with E-state index >= 15 is 0 Å². The Hall–Kier alpha value is -5.09. The third kappa shape index (κ3) is 3.58. The first-order valence-electron chi connectivity index (χ1n) is 15.7. The van der Waals surface area contributed by atoms with E-state index in [1.54, 1.807) is 0 Å². The van der Waals surface area contributed by atoms with Crippen molar-refractivity contribution in [3.63, 3.8) is 0 Å². The van der Waals surface area contributed by atoms with Crippen LogP contribution in [0.2, 0.25) is 0 Å². The number of rotatable bonds is 4. The maximum atomic E-state index is 2.39. The smallest absolute Gasteiger partial charge is 0.0735 e. The molecule has 1 unspecified atom stereocenters. The van der Waals surface area contributed by atoms with Gasteiger partial charge in [0.1, 0.15) is 0 Å². The van der Waals surface area contributed by atoms with Gasteiger partial charge in [-0.3, -0.25) is 0 Å². The zero-order valence-electron chi connectivity index (χ0n) is 24.9. The van der Waals surface area contributed by atoms with Crippen LogP contribution in [0, 0.1) is 0 Å². The van der Waals surface area contributed by atoms with Crippen molar-refractivity contribution in [2.45, 2.75) is 15.2 Å². The SMILES string of the molecule is c1ccc(N(c2ccc(C34c5ccccc5Sc5cccc(c53)-c3ccccc34)cc2)c2ccc3sc4ccccc4c3c2)cc1. The molecule has 0 amide bonds. The van der Waals surface area contributed by atoms with E-state index in [0.717, 1.165) is 17.1 Å². The Balaban J connectivity index is 1.19. The normalized spacial score (nSPS) is 15.8. The standard InChI is InChI=1S/C43H27NS2/c1-2-11-29(12-3-1)44(31-25-26-39-35(27-31)33-14-5-8-18-38(33)45-39)30-23-21-28(22-24-30)43-36-16-6-4-13-32(36)34-15-10-20-41(42(34)43)46-40-19-9-7-17-37(40)43/h1-27H. The molecule has 1 nitrogen and oxygen atoms in total. The van der Waals surface area contributed by atoms with Crippen molar-refractivity contribution in [3.8, 4) is 11.1 Å². The summed E-state index contributed by atoms with van der Waals surface area (Å²) in [6.45, 7) is 0. The predicted molar refractivity (Wildman–Crippen MR) is 195 cm³/mol. The second-order valence-corrected chi connectivity index (χ2v) is 14.2. The first-order valence-corrected chi connectivity index (χ1v) is 17.3. The van der Waals surface area contributed by atoms with Gasteiger partial charge in [-0.1, -0.05) is 115 Å². The van der Waals surface area contributed by atoms with Gasteiger partial charge in [-0.25, -0.2) is 0 Å². The maximum Gasteiger partial charge on any atom is 0.0735 e. The molecule has 3 heteroatoms. The Bertz CT molecular complexity index is 2460. The summed E-state index contributed by atoms with van der Waals surface area (Å²) in [6, 6.07) is 60.6. The van der Waals surface area contributed by atoms with Crippen LogP contribution in [-0.4, -0.2) is 0 Å². The number of fused-ring (bicyclic) bond motifs is 8. The maximum absolute atomic E-state index is 2.39. The van der Waals surface area contributed by atoms with Crippen molar-refractivity contribution in [3.05, 3.63) is 186 Å². The summed E-state index contributed by atoms with van der Waals surface area (Å²) in [6.07, 6.45) is 0. The quantitative estimate of drug-likeness (QED) is 0.192. The predicted octanol–water partition coefficient (Wildman–Crippen LogP) is 12.4. The van der Waals surface area contributed by atoms with Crippen LogP contribution in [0.25, 0.3) is 31.3 Å². The van der Waals surface area contributed by atoms with Gasteiger partial charge in [-0.2, -0.15) is 0 Å². The Morgan fingerprint density at radius 3 is 1.98 bits per heavy atom. The molecule has 10 rings (SSSR count). The van der Waals surface area contributed by atoms with Crippen molar-refractivity contribution >= 4 is 60.3 Å². The molecule has 8 aromatic rings. The van der Waals surface area contributed by atoms with E-state index in [0.29, 0.717) is 0 Å². The molecule has 0 radical (unpaired) electrons. The molecule has 1 aliphatic heterocycles. The highest BCUT2D eigenvalue weighted by Gasteiger charge is 2.50. The highest BCUT2D eigenvalue weighted by atomic mass is 32.2. The largest absolute Gasteiger partial charge is 0.310 e. The van der Waals surface area contributed by atoms with Gasteiger partial charge in [0.2, 0.25) is 0 Å². The summed E-state index contributed by atoms with van der Waals surface area (Å²) in [7, 11) is 0. The molecule has 0 saturated heterocycles. The minimum absolute atomic E-state index is 0.366. The number of thiophene rings is 1. The summed E-state index contributed by atoms with van der Waals surface area (Å²) in [4.78, 5) is 5.06. The fourth-order valence-electron chi connectivity index (χ4n) is 7.86. The molecule has 1 atom stereocenters. The molecule has 2 aliphatic rings. The zero-order valence-corrected chi connectivity index (χ0v) is 26.5. The Kier molecular flexibility index (Phi) is 5.66. The fourth-order valence-corrected chi connectivity index (χ4v) is 10.2. The van der Waals surface area contributed by atoms with Crippen LogP contribution in [0.4, 0.5) is 17.1 Å². The van der Waals surface area contributed by atoms with Crippen LogP contribution < -0.4 is 4.90 Å². The topological polar surface area (TPSA) is 3.24 Å². The minimum Gasteiger partial charge on any atom is -0.310 e. The monoisotopic (exact) mass is 621 g/mol. The highest BCUT2D eigenvalue weighted by Crippen LogP contribution is 2.63. The van der Waals surface area contributed by atoms with Gasteiger partial charge in [0, 0.05) is 47.0 Å². The molecule has 0 bridgehead atoms. The molecule has 0 spiro atoms. The second kappa shape index (κ2) is 9.95. The summed E-state index contributed by atoms with van der Waals surface area (Å²) in [5.74, 6) is 0. The van der Waals surface area contributed by atoms with E-state index in [1.807, 2.05) is 23.1 Å². The van der Waals surface area contributed by atoms with Gasteiger partial charge < -0.3 is 4.90 Å². The van der Waals surface area contributed by atoms with E-state index in [1.165, 1.54) is 63.3 Å². The van der Waals surface area contributed by atoms with Gasteiger partial charge >= 0.3 is 0 Å². The minimum atomic E-state index is -0.366. The van der Waals surface area contributed by atoms with E-state index in [2.05, 4.69) is 169 Å². The first-order chi connectivity index (χ1) is 22.8. The lowest BCUT2D eigenvalue weighted by Crippen LogP contribution is -2.31. The Morgan fingerprint density at radius 2 is 1.09 bits per heavy atom. The molecular formula is C43H27NS2. The van der Waals surface area contributed by atoms with Crippen molar-refractivity contribution in [2.75, 3.05) is 4.90 Å². The number of anilines is 3. The van der Waals surface area contributed by atoms with Gasteiger partial charge in [0.15, 0.2) is 0 Å². The van der Waals surface area contributed by atoms with Crippen molar-refractivity contribution in [1.82, 2.24) is 0 Å². The first kappa shape index (κ1) is 26.2. The molecule has 1 aliphatic carbocycles. The Morgan fingerprint density at radius 1 is 0.435 bits per heavy atom. The van der Waals surface area contributed by atoms with Gasteiger partial charge in [-0.05, 0) is 94.0 Å². The summed E-state index contributed by atoms with van der Waals surface area (Å²) >= 11 is 3.76. The van der Waals surface area contributed by atoms with Crippen LogP contribution >= 0.6 is 23.1 Å². The Labute approximate surface area is 276 Å². The van der Waals surface area contributed by atoms with Crippen LogP contribution in [0.15, 0.2) is 174 Å². The molecule has 46 heavy (non-hydrogen) atoms. The summed E-state index contributed by atoms with van der Waals surface area (Å²) in [5, 5.41) is 2.62. The molecule has 1 aromatic heterocycles. The fraction of sp³-hybridized carbons (Fsp3) is 0.0233. The average Bonchev–Trinajstić information content (AvgIpc) is 3.64. The third-order valence-electron chi connectivity index (χ3n) is 9.72. The van der Waals surface area contributed by atoms with E-state index in [-0.39, 0.29) is 5.41 Å². The van der Waals surface area contributed by atoms with E-state index < -0.39 is 0 Å². The van der Waals surface area contributed by atoms with Crippen molar-refractivity contribution in [1.29, 1.82) is 0 Å². The van der Waals surface area contributed by atoms with E-state index in [9.17, 15) is 0 Å². The molecular weight excluding hydrogens is 595 g/mol. The number of nitrogens with zero attached hydrogens (tertiary/aromatic N) is 1. The number of benzene rings is 7. The highest BCUT2D eigenvalue weighted by molar-refractivity contribution is 7.99. The van der Waals surface area contributed by atoms with E-state index in [4.69, 9.17) is 0 Å². The number of hydrogen-bond donors (Lipinski definition) is 0.